The smallest absolute Gasteiger partial charge is 0.348 e. The van der Waals surface area contributed by atoms with E-state index in [-0.39, 0.29) is 21.3 Å². The van der Waals surface area contributed by atoms with Gasteiger partial charge in [-0.1, -0.05) is 17.7 Å². The number of hydrogen-bond acceptors (Lipinski definition) is 5. The van der Waals surface area contributed by atoms with Crippen molar-refractivity contribution in [3.8, 4) is 0 Å². The molecule has 1 aromatic carbocycles. The minimum Gasteiger partial charge on any atom is -0.465 e. The van der Waals surface area contributed by atoms with Crippen LogP contribution in [-0.2, 0) is 4.74 Å². The zero-order valence-electron chi connectivity index (χ0n) is 12.9. The Kier molecular flexibility index (Phi) is 4.80. The summed E-state index contributed by atoms with van der Waals surface area (Å²) >= 11 is 0.966. The molecule has 0 aliphatic rings. The van der Waals surface area contributed by atoms with Gasteiger partial charge in [-0.25, -0.2) is 4.79 Å². The van der Waals surface area contributed by atoms with E-state index in [1.807, 2.05) is 19.1 Å². The number of ether oxygens (including phenoxy) is 1. The summed E-state index contributed by atoms with van der Waals surface area (Å²) in [6.07, 6.45) is 0. The summed E-state index contributed by atoms with van der Waals surface area (Å²) in [5, 5.41) is 2.88. The third-order valence-electron chi connectivity index (χ3n) is 3.30. The Labute approximate surface area is 137 Å². The van der Waals surface area contributed by atoms with Crippen molar-refractivity contribution in [3.05, 3.63) is 51.4 Å². The zero-order valence-corrected chi connectivity index (χ0v) is 13.7. The molecule has 0 radical (unpaired) electrons. The van der Waals surface area contributed by atoms with E-state index in [4.69, 9.17) is 5.73 Å². The Morgan fingerprint density at radius 3 is 2.26 bits per heavy atom. The summed E-state index contributed by atoms with van der Waals surface area (Å²) in [6.45, 7) is 3.50. The molecule has 0 atom stereocenters. The molecule has 3 N–H and O–H groups in total. The van der Waals surface area contributed by atoms with Crippen molar-refractivity contribution in [1.82, 2.24) is 0 Å². The second-order valence-corrected chi connectivity index (χ2v) is 5.96. The second-order valence-electron chi connectivity index (χ2n) is 4.94. The van der Waals surface area contributed by atoms with Gasteiger partial charge in [-0.15, -0.1) is 11.3 Å². The topological polar surface area (TPSA) is 98.5 Å². The van der Waals surface area contributed by atoms with Crippen molar-refractivity contribution < 1.29 is 19.1 Å². The summed E-state index contributed by atoms with van der Waals surface area (Å²) in [5.41, 5.74) is 7.36. The van der Waals surface area contributed by atoms with Gasteiger partial charge in [-0.2, -0.15) is 0 Å². The maximum Gasteiger partial charge on any atom is 0.348 e. The number of nitrogens with two attached hydrogens (primary N) is 1. The van der Waals surface area contributed by atoms with Crippen LogP contribution in [0.25, 0.3) is 0 Å². The van der Waals surface area contributed by atoms with Crippen LogP contribution >= 0.6 is 11.3 Å². The number of thiophene rings is 1. The van der Waals surface area contributed by atoms with E-state index in [1.54, 1.807) is 19.1 Å². The van der Waals surface area contributed by atoms with Crippen LogP contribution in [0.15, 0.2) is 24.3 Å². The summed E-state index contributed by atoms with van der Waals surface area (Å²) in [4.78, 5) is 35.9. The average Bonchev–Trinajstić information content (AvgIpc) is 2.83. The lowest BCUT2D eigenvalue weighted by Gasteiger charge is -2.05. The predicted octanol–water partition coefficient (Wildman–Crippen LogP) is 2.50. The molecule has 120 valence electrons. The van der Waals surface area contributed by atoms with Gasteiger partial charge in [0.1, 0.15) is 9.88 Å². The normalized spacial score (nSPS) is 10.2. The number of methoxy groups -OCH3 is 1. The van der Waals surface area contributed by atoms with Gasteiger partial charge in [0.2, 0.25) is 0 Å². The third kappa shape index (κ3) is 3.40. The Bertz CT molecular complexity index is 778. The van der Waals surface area contributed by atoms with E-state index in [0.29, 0.717) is 11.1 Å². The molecular formula is C16H16N2O4S. The van der Waals surface area contributed by atoms with E-state index < -0.39 is 11.9 Å². The van der Waals surface area contributed by atoms with Crippen LogP contribution in [-0.4, -0.2) is 24.9 Å². The number of nitrogens with one attached hydrogen (secondary N) is 1. The standard InChI is InChI=1S/C16H16N2O4S/c1-8-4-6-10(7-5-8)14(20)18-15-11(13(17)19)9(2)12(23-15)16(21)22-3/h4-7H,1-3H3,(H2,17,19)(H,18,20). The van der Waals surface area contributed by atoms with Crippen LogP contribution in [0.2, 0.25) is 0 Å². The molecule has 0 spiro atoms. The molecule has 0 saturated heterocycles. The Hall–Kier alpha value is -2.67. The molecule has 1 heterocycles. The molecule has 2 aromatic rings. The first kappa shape index (κ1) is 16.7. The molecule has 2 amide bonds. The number of rotatable bonds is 4. The van der Waals surface area contributed by atoms with Gasteiger partial charge in [0.25, 0.3) is 11.8 Å². The minimum atomic E-state index is -0.715. The lowest BCUT2D eigenvalue weighted by molar-refractivity contribution is 0.0605. The average molecular weight is 332 g/mol. The highest BCUT2D eigenvalue weighted by Crippen LogP contribution is 2.33. The van der Waals surface area contributed by atoms with E-state index in [2.05, 4.69) is 10.1 Å². The molecule has 0 saturated carbocycles. The number of carbonyl (C=O) groups excluding carboxylic acids is 3. The highest BCUT2D eigenvalue weighted by molar-refractivity contribution is 7.18. The van der Waals surface area contributed by atoms with Crippen LogP contribution < -0.4 is 11.1 Å². The number of benzene rings is 1. The maximum atomic E-state index is 12.3. The van der Waals surface area contributed by atoms with Crippen LogP contribution in [0, 0.1) is 13.8 Å². The fraction of sp³-hybridized carbons (Fsp3) is 0.188. The summed E-state index contributed by atoms with van der Waals surface area (Å²) in [5.74, 6) is -1.68. The van der Waals surface area contributed by atoms with Crippen molar-refractivity contribution in [1.29, 1.82) is 0 Å². The lowest BCUT2D eigenvalue weighted by atomic mass is 10.1. The van der Waals surface area contributed by atoms with Gasteiger partial charge in [-0.05, 0) is 31.5 Å². The third-order valence-corrected chi connectivity index (χ3v) is 4.49. The van der Waals surface area contributed by atoms with Gasteiger partial charge in [0.15, 0.2) is 0 Å². The molecule has 0 unspecified atom stereocenters. The molecule has 1 aromatic heterocycles. The first-order valence-electron chi connectivity index (χ1n) is 6.74. The second kappa shape index (κ2) is 6.62. The molecule has 7 heteroatoms. The highest BCUT2D eigenvalue weighted by Gasteiger charge is 2.25. The summed E-state index contributed by atoms with van der Waals surface area (Å²) in [7, 11) is 1.25. The van der Waals surface area contributed by atoms with Crippen LogP contribution in [0.1, 0.15) is 41.5 Å². The zero-order chi connectivity index (χ0) is 17.1. The van der Waals surface area contributed by atoms with Gasteiger partial charge in [0.05, 0.1) is 12.7 Å². The summed E-state index contributed by atoms with van der Waals surface area (Å²) < 4.78 is 4.67. The Balaban J connectivity index is 2.38. The molecular weight excluding hydrogens is 316 g/mol. The van der Waals surface area contributed by atoms with E-state index >= 15 is 0 Å². The minimum absolute atomic E-state index is 0.121. The molecule has 23 heavy (non-hydrogen) atoms. The van der Waals surface area contributed by atoms with Gasteiger partial charge < -0.3 is 15.8 Å². The van der Waals surface area contributed by atoms with Gasteiger partial charge in [0, 0.05) is 5.56 Å². The van der Waals surface area contributed by atoms with Gasteiger partial charge >= 0.3 is 5.97 Å². The molecule has 6 nitrogen and oxygen atoms in total. The number of carbonyl (C=O) groups is 3. The predicted molar refractivity (Wildman–Crippen MR) is 88.0 cm³/mol. The number of amides is 2. The van der Waals surface area contributed by atoms with Crippen LogP contribution in [0.5, 0.6) is 0 Å². The fourth-order valence-corrected chi connectivity index (χ4v) is 3.19. The number of hydrogen-bond donors (Lipinski definition) is 2. The van der Waals surface area contributed by atoms with Crippen molar-refractivity contribution in [2.75, 3.05) is 12.4 Å². The molecule has 2 rings (SSSR count). The molecule has 0 bridgehead atoms. The Morgan fingerprint density at radius 1 is 1.13 bits per heavy atom. The number of aryl methyl sites for hydroxylation is 1. The SMILES string of the molecule is COC(=O)c1sc(NC(=O)c2ccc(C)cc2)c(C(N)=O)c1C. The fourth-order valence-electron chi connectivity index (χ4n) is 2.07. The summed E-state index contributed by atoms with van der Waals surface area (Å²) in [6, 6.07) is 6.97. The van der Waals surface area contributed by atoms with E-state index in [1.165, 1.54) is 7.11 Å². The Morgan fingerprint density at radius 2 is 1.74 bits per heavy atom. The van der Waals surface area contributed by atoms with Crippen molar-refractivity contribution in [2.24, 2.45) is 5.73 Å². The number of anilines is 1. The molecule has 0 fully saturated rings. The largest absolute Gasteiger partial charge is 0.465 e. The first-order valence-corrected chi connectivity index (χ1v) is 7.56. The van der Waals surface area contributed by atoms with Crippen molar-refractivity contribution >= 4 is 34.1 Å². The van der Waals surface area contributed by atoms with Crippen molar-refractivity contribution in [3.63, 3.8) is 0 Å². The van der Waals surface area contributed by atoms with Crippen LogP contribution in [0.4, 0.5) is 5.00 Å². The van der Waals surface area contributed by atoms with Crippen LogP contribution in [0.3, 0.4) is 0 Å². The van der Waals surface area contributed by atoms with Gasteiger partial charge in [-0.3, -0.25) is 9.59 Å². The quantitative estimate of drug-likeness (QED) is 0.840. The maximum absolute atomic E-state index is 12.3. The van der Waals surface area contributed by atoms with E-state index in [9.17, 15) is 14.4 Å². The molecule has 0 aliphatic heterocycles. The molecule has 0 aliphatic carbocycles. The van der Waals surface area contributed by atoms with Crippen molar-refractivity contribution in [2.45, 2.75) is 13.8 Å². The number of esters is 1. The number of primary amides is 1. The highest BCUT2D eigenvalue weighted by atomic mass is 32.1. The first-order chi connectivity index (χ1) is 10.8. The monoisotopic (exact) mass is 332 g/mol. The van der Waals surface area contributed by atoms with E-state index in [0.717, 1.165) is 16.9 Å². The lowest BCUT2D eigenvalue weighted by Crippen LogP contribution is -2.17.